The van der Waals surface area contributed by atoms with Crippen molar-refractivity contribution < 1.29 is 4.74 Å². The SMILES string of the molecule is CCOc1cc(C)c(-n2c(C)c3c(C)nnc(C)c3c2C)cc1C. The minimum absolute atomic E-state index is 0.681. The van der Waals surface area contributed by atoms with Crippen molar-refractivity contribution in [3.05, 3.63) is 46.0 Å². The van der Waals surface area contributed by atoms with E-state index in [0.29, 0.717) is 6.61 Å². The second-order valence-electron chi connectivity index (χ2n) is 6.46. The highest BCUT2D eigenvalue weighted by atomic mass is 16.5. The van der Waals surface area contributed by atoms with Crippen LogP contribution in [0.3, 0.4) is 0 Å². The number of aromatic nitrogens is 3. The standard InChI is InChI=1S/C20H25N3O/c1-8-24-18-10-11(2)17(9-12(18)3)23-15(6)19-13(4)21-22-14(5)20(19)16(23)7/h9-10H,8H2,1-7H3. The Morgan fingerprint density at radius 2 is 1.38 bits per heavy atom. The lowest BCUT2D eigenvalue weighted by Crippen LogP contribution is -2.04. The zero-order valence-electron chi connectivity index (χ0n) is 15.6. The second-order valence-corrected chi connectivity index (χ2v) is 6.46. The van der Waals surface area contributed by atoms with Crippen molar-refractivity contribution >= 4 is 10.8 Å². The lowest BCUT2D eigenvalue weighted by atomic mass is 10.1. The number of ether oxygens (including phenoxy) is 1. The highest BCUT2D eigenvalue weighted by molar-refractivity contribution is 5.92. The van der Waals surface area contributed by atoms with Crippen LogP contribution in [0.15, 0.2) is 12.1 Å². The fourth-order valence-corrected chi connectivity index (χ4v) is 3.66. The minimum Gasteiger partial charge on any atom is -0.494 e. The predicted molar refractivity (Wildman–Crippen MR) is 98.5 cm³/mol. The summed E-state index contributed by atoms with van der Waals surface area (Å²) in [5, 5.41) is 11.0. The smallest absolute Gasteiger partial charge is 0.122 e. The Morgan fingerprint density at radius 1 is 0.833 bits per heavy atom. The van der Waals surface area contributed by atoms with Gasteiger partial charge < -0.3 is 9.30 Å². The molecule has 0 radical (unpaired) electrons. The van der Waals surface area contributed by atoms with E-state index in [-0.39, 0.29) is 0 Å². The molecule has 24 heavy (non-hydrogen) atoms. The van der Waals surface area contributed by atoms with Crippen molar-refractivity contribution in [3.63, 3.8) is 0 Å². The molecule has 0 atom stereocenters. The first-order chi connectivity index (χ1) is 11.4. The fraction of sp³-hybridized carbons (Fsp3) is 0.400. The van der Waals surface area contributed by atoms with Gasteiger partial charge in [-0.2, -0.15) is 10.2 Å². The second kappa shape index (κ2) is 5.93. The first-order valence-electron chi connectivity index (χ1n) is 8.42. The summed E-state index contributed by atoms with van der Waals surface area (Å²) in [5.74, 6) is 0.960. The maximum absolute atomic E-state index is 5.74. The van der Waals surface area contributed by atoms with Crippen LogP contribution in [-0.2, 0) is 0 Å². The van der Waals surface area contributed by atoms with Crippen LogP contribution in [0.2, 0.25) is 0 Å². The molecule has 1 aromatic carbocycles. The zero-order chi connectivity index (χ0) is 17.6. The van der Waals surface area contributed by atoms with Crippen LogP contribution in [0.5, 0.6) is 5.75 Å². The van der Waals surface area contributed by atoms with E-state index in [4.69, 9.17) is 4.74 Å². The van der Waals surface area contributed by atoms with E-state index >= 15 is 0 Å². The topological polar surface area (TPSA) is 39.9 Å². The van der Waals surface area contributed by atoms with Gasteiger partial charge in [0.15, 0.2) is 0 Å². The van der Waals surface area contributed by atoms with Gasteiger partial charge in [-0.15, -0.1) is 0 Å². The Kier molecular flexibility index (Phi) is 4.08. The quantitative estimate of drug-likeness (QED) is 0.703. The lowest BCUT2D eigenvalue weighted by molar-refractivity contribution is 0.337. The summed E-state index contributed by atoms with van der Waals surface area (Å²) in [7, 11) is 0. The van der Waals surface area contributed by atoms with Gasteiger partial charge in [0.25, 0.3) is 0 Å². The summed E-state index contributed by atoms with van der Waals surface area (Å²) < 4.78 is 8.06. The molecule has 0 aliphatic carbocycles. The number of hydrogen-bond donors (Lipinski definition) is 0. The summed E-state index contributed by atoms with van der Waals surface area (Å²) in [6, 6.07) is 4.35. The van der Waals surface area contributed by atoms with Crippen molar-refractivity contribution in [1.82, 2.24) is 14.8 Å². The monoisotopic (exact) mass is 323 g/mol. The molecule has 4 nitrogen and oxygen atoms in total. The lowest BCUT2D eigenvalue weighted by Gasteiger charge is -2.16. The van der Waals surface area contributed by atoms with Gasteiger partial charge in [0, 0.05) is 27.8 Å². The molecule has 0 unspecified atom stereocenters. The predicted octanol–water partition coefficient (Wildman–Crippen LogP) is 4.67. The Hall–Kier alpha value is -2.36. The maximum atomic E-state index is 5.74. The molecule has 4 heteroatoms. The van der Waals surface area contributed by atoms with E-state index in [2.05, 4.69) is 54.6 Å². The van der Waals surface area contributed by atoms with Crippen LogP contribution in [-0.4, -0.2) is 21.4 Å². The molecule has 0 aliphatic rings. The molecule has 126 valence electrons. The summed E-state index contributed by atoms with van der Waals surface area (Å²) in [6.45, 7) is 15.3. The van der Waals surface area contributed by atoms with Crippen LogP contribution < -0.4 is 4.74 Å². The molecular weight excluding hydrogens is 298 g/mol. The third kappa shape index (κ3) is 2.37. The first kappa shape index (κ1) is 16.5. The van der Waals surface area contributed by atoms with Gasteiger partial charge in [-0.05, 0) is 71.7 Å². The molecule has 0 amide bonds. The van der Waals surface area contributed by atoms with E-state index in [9.17, 15) is 0 Å². The van der Waals surface area contributed by atoms with Gasteiger partial charge in [-0.1, -0.05) is 0 Å². The average molecular weight is 323 g/mol. The van der Waals surface area contributed by atoms with Crippen molar-refractivity contribution in [1.29, 1.82) is 0 Å². The Balaban J connectivity index is 2.34. The van der Waals surface area contributed by atoms with Gasteiger partial charge in [0.1, 0.15) is 5.75 Å². The van der Waals surface area contributed by atoms with Gasteiger partial charge >= 0.3 is 0 Å². The molecule has 0 fully saturated rings. The molecule has 0 aliphatic heterocycles. The van der Waals surface area contributed by atoms with Gasteiger partial charge in [0.05, 0.1) is 18.0 Å². The molecule has 0 N–H and O–H groups in total. The van der Waals surface area contributed by atoms with Crippen molar-refractivity contribution in [3.8, 4) is 11.4 Å². The Bertz CT molecular complexity index is 893. The van der Waals surface area contributed by atoms with Crippen LogP contribution >= 0.6 is 0 Å². The number of nitrogens with zero attached hydrogens (tertiary/aromatic N) is 3. The number of fused-ring (bicyclic) bond motifs is 1. The molecular formula is C20H25N3O. The highest BCUT2D eigenvalue weighted by Gasteiger charge is 2.19. The number of aryl methyl sites for hydroxylation is 6. The summed E-state index contributed by atoms with van der Waals surface area (Å²) >= 11 is 0. The summed E-state index contributed by atoms with van der Waals surface area (Å²) in [5.41, 5.74) is 7.94. The highest BCUT2D eigenvalue weighted by Crippen LogP contribution is 2.34. The third-order valence-corrected chi connectivity index (χ3v) is 4.75. The van der Waals surface area contributed by atoms with E-state index in [0.717, 1.165) is 22.7 Å². The normalized spacial score (nSPS) is 11.3. The third-order valence-electron chi connectivity index (χ3n) is 4.75. The van der Waals surface area contributed by atoms with Gasteiger partial charge in [-0.3, -0.25) is 0 Å². The molecule has 2 heterocycles. The summed E-state index contributed by atoms with van der Waals surface area (Å²) in [4.78, 5) is 0. The molecule has 0 spiro atoms. The van der Waals surface area contributed by atoms with Crippen LogP contribution in [0.4, 0.5) is 0 Å². The first-order valence-corrected chi connectivity index (χ1v) is 8.42. The zero-order valence-corrected chi connectivity index (χ0v) is 15.6. The van der Waals surface area contributed by atoms with Crippen LogP contribution in [0, 0.1) is 41.5 Å². The van der Waals surface area contributed by atoms with E-state index < -0.39 is 0 Å². The number of hydrogen-bond acceptors (Lipinski definition) is 3. The maximum Gasteiger partial charge on any atom is 0.122 e. The van der Waals surface area contributed by atoms with Gasteiger partial charge in [-0.25, -0.2) is 0 Å². The fourth-order valence-electron chi connectivity index (χ4n) is 3.66. The summed E-state index contributed by atoms with van der Waals surface area (Å²) in [6.07, 6.45) is 0. The largest absolute Gasteiger partial charge is 0.494 e. The van der Waals surface area contributed by atoms with Crippen LogP contribution in [0.1, 0.15) is 40.8 Å². The Labute approximate surface area is 143 Å². The minimum atomic E-state index is 0.681. The number of rotatable bonds is 3. The van der Waals surface area contributed by atoms with Crippen LogP contribution in [0.25, 0.3) is 16.5 Å². The average Bonchev–Trinajstić information content (AvgIpc) is 2.79. The van der Waals surface area contributed by atoms with Crippen molar-refractivity contribution in [2.24, 2.45) is 0 Å². The Morgan fingerprint density at radius 3 is 1.88 bits per heavy atom. The molecule has 3 rings (SSSR count). The van der Waals surface area contributed by atoms with Gasteiger partial charge in [0.2, 0.25) is 0 Å². The number of benzene rings is 1. The molecule has 3 aromatic rings. The molecule has 2 aromatic heterocycles. The van der Waals surface area contributed by atoms with Crippen molar-refractivity contribution in [2.75, 3.05) is 6.61 Å². The molecule has 0 saturated carbocycles. The molecule has 0 bridgehead atoms. The van der Waals surface area contributed by atoms with Crippen molar-refractivity contribution in [2.45, 2.75) is 48.5 Å². The van der Waals surface area contributed by atoms with E-state index in [1.54, 1.807) is 0 Å². The molecule has 0 saturated heterocycles. The van der Waals surface area contributed by atoms with E-state index in [1.807, 2.05) is 20.8 Å². The van der Waals surface area contributed by atoms with E-state index in [1.165, 1.54) is 33.4 Å².